The van der Waals surface area contributed by atoms with Gasteiger partial charge in [0.05, 0.1) is 18.6 Å². The van der Waals surface area contributed by atoms with Crippen LogP contribution in [-0.4, -0.2) is 6.54 Å². The second kappa shape index (κ2) is 5.52. The highest BCUT2D eigenvalue weighted by Gasteiger charge is 2.16. The average Bonchev–Trinajstić information content (AvgIpc) is 2.83. The molecule has 1 atom stereocenters. The van der Waals surface area contributed by atoms with E-state index in [-0.39, 0.29) is 6.04 Å². The lowest BCUT2D eigenvalue weighted by Gasteiger charge is -2.19. The van der Waals surface area contributed by atoms with Gasteiger partial charge in [-0.2, -0.15) is 0 Å². The van der Waals surface area contributed by atoms with Gasteiger partial charge in [-0.3, -0.25) is 0 Å². The van der Waals surface area contributed by atoms with Gasteiger partial charge in [0, 0.05) is 10.0 Å². The number of hydrogen-bond donors (Lipinski definition) is 1. The van der Waals surface area contributed by atoms with Gasteiger partial charge >= 0.3 is 0 Å². The minimum atomic E-state index is 0.191. The summed E-state index contributed by atoms with van der Waals surface area (Å²) in [6, 6.07) is 8.56. The molecule has 0 aliphatic carbocycles. The number of benzene rings is 1. The molecule has 0 saturated carbocycles. The Morgan fingerprint density at radius 2 is 2.18 bits per heavy atom. The van der Waals surface area contributed by atoms with Gasteiger partial charge in [0.1, 0.15) is 0 Å². The molecule has 0 aliphatic rings. The van der Waals surface area contributed by atoms with E-state index in [1.807, 2.05) is 6.07 Å². The zero-order valence-corrected chi connectivity index (χ0v) is 11.6. The van der Waals surface area contributed by atoms with Crippen molar-refractivity contribution in [2.75, 3.05) is 6.54 Å². The van der Waals surface area contributed by atoms with Crippen molar-refractivity contribution in [2.45, 2.75) is 19.9 Å². The number of aryl methyl sites for hydroxylation is 1. The quantitative estimate of drug-likeness (QED) is 0.920. The third-order valence-corrected chi connectivity index (χ3v) is 3.33. The van der Waals surface area contributed by atoms with Gasteiger partial charge in [0.25, 0.3) is 0 Å². The smallest absolute Gasteiger partial charge is 0.0953 e. The molecule has 2 nitrogen and oxygen atoms in total. The fourth-order valence-corrected chi connectivity index (χ4v) is 2.35. The Bertz CT molecular complexity index is 479. The van der Waals surface area contributed by atoms with Gasteiger partial charge in [-0.05, 0) is 42.8 Å². The summed E-state index contributed by atoms with van der Waals surface area (Å²) in [5, 5.41) is 3.49. The Hall–Kier alpha value is -1.06. The summed E-state index contributed by atoms with van der Waals surface area (Å²) in [7, 11) is 0. The van der Waals surface area contributed by atoms with E-state index in [0.29, 0.717) is 0 Å². The van der Waals surface area contributed by atoms with Gasteiger partial charge in [0.15, 0.2) is 0 Å². The first-order chi connectivity index (χ1) is 8.22. The van der Waals surface area contributed by atoms with Crippen molar-refractivity contribution in [3.05, 3.63) is 58.0 Å². The number of furan rings is 1. The van der Waals surface area contributed by atoms with E-state index in [1.165, 1.54) is 11.1 Å². The molecule has 0 fully saturated rings. The van der Waals surface area contributed by atoms with Crippen molar-refractivity contribution in [2.24, 2.45) is 0 Å². The van der Waals surface area contributed by atoms with E-state index in [9.17, 15) is 0 Å². The van der Waals surface area contributed by atoms with Crippen molar-refractivity contribution in [3.8, 4) is 0 Å². The molecule has 3 heteroatoms. The van der Waals surface area contributed by atoms with Crippen LogP contribution in [0.4, 0.5) is 0 Å². The fourth-order valence-electron chi connectivity index (χ4n) is 1.97. The zero-order valence-electron chi connectivity index (χ0n) is 10.0. The minimum absolute atomic E-state index is 0.191. The highest BCUT2D eigenvalue weighted by molar-refractivity contribution is 9.10. The lowest BCUT2D eigenvalue weighted by atomic mass is 9.97. The van der Waals surface area contributed by atoms with Crippen LogP contribution in [-0.2, 0) is 0 Å². The maximum absolute atomic E-state index is 5.18. The second-order valence-corrected chi connectivity index (χ2v) is 4.96. The van der Waals surface area contributed by atoms with E-state index in [0.717, 1.165) is 16.6 Å². The van der Waals surface area contributed by atoms with Gasteiger partial charge < -0.3 is 9.73 Å². The van der Waals surface area contributed by atoms with E-state index in [1.54, 1.807) is 12.5 Å². The van der Waals surface area contributed by atoms with Crippen LogP contribution in [0.25, 0.3) is 0 Å². The lowest BCUT2D eigenvalue weighted by molar-refractivity contribution is 0.552. The van der Waals surface area contributed by atoms with Crippen molar-refractivity contribution in [1.29, 1.82) is 0 Å². The SMILES string of the molecule is CCNC(c1ccoc1)c1cc(Br)ccc1C. The van der Waals surface area contributed by atoms with Crippen LogP contribution in [0.2, 0.25) is 0 Å². The molecule has 0 aliphatic heterocycles. The first-order valence-corrected chi connectivity index (χ1v) is 6.53. The predicted molar refractivity (Wildman–Crippen MR) is 73.1 cm³/mol. The van der Waals surface area contributed by atoms with Crippen LogP contribution in [0.5, 0.6) is 0 Å². The molecule has 2 rings (SSSR count). The molecule has 1 N–H and O–H groups in total. The molecule has 1 unspecified atom stereocenters. The second-order valence-electron chi connectivity index (χ2n) is 4.05. The normalized spacial score (nSPS) is 12.6. The first-order valence-electron chi connectivity index (χ1n) is 5.74. The van der Waals surface area contributed by atoms with Gasteiger partial charge in [-0.15, -0.1) is 0 Å². The van der Waals surface area contributed by atoms with Crippen LogP contribution in [0.3, 0.4) is 0 Å². The average molecular weight is 294 g/mol. The van der Waals surface area contributed by atoms with Gasteiger partial charge in [0.2, 0.25) is 0 Å². The van der Waals surface area contributed by atoms with Crippen LogP contribution in [0.1, 0.15) is 29.7 Å². The molecule has 0 radical (unpaired) electrons. The summed E-state index contributed by atoms with van der Waals surface area (Å²) in [6.45, 7) is 5.16. The van der Waals surface area contributed by atoms with Crippen molar-refractivity contribution in [1.82, 2.24) is 5.32 Å². The standard InChI is InChI=1S/C14H16BrNO/c1-3-16-14(11-6-7-17-9-11)13-8-12(15)5-4-10(13)2/h4-9,14,16H,3H2,1-2H3. The molecule has 90 valence electrons. The highest BCUT2D eigenvalue weighted by atomic mass is 79.9. The van der Waals surface area contributed by atoms with Crippen molar-refractivity contribution >= 4 is 15.9 Å². The molecule has 1 aromatic carbocycles. The molecule has 2 aromatic rings. The molecule has 0 spiro atoms. The summed E-state index contributed by atoms with van der Waals surface area (Å²) in [5.41, 5.74) is 3.72. The summed E-state index contributed by atoms with van der Waals surface area (Å²) in [4.78, 5) is 0. The third kappa shape index (κ3) is 2.79. The Balaban J connectivity index is 2.42. The number of nitrogens with one attached hydrogen (secondary N) is 1. The molecular weight excluding hydrogens is 278 g/mol. The van der Waals surface area contributed by atoms with Gasteiger partial charge in [-0.1, -0.05) is 28.9 Å². The third-order valence-electron chi connectivity index (χ3n) is 2.84. The summed E-state index contributed by atoms with van der Waals surface area (Å²) >= 11 is 3.53. The minimum Gasteiger partial charge on any atom is -0.472 e. The number of halogens is 1. The molecule has 0 bridgehead atoms. The Labute approximate surface area is 110 Å². The molecule has 17 heavy (non-hydrogen) atoms. The molecular formula is C14H16BrNO. The molecule has 1 heterocycles. The van der Waals surface area contributed by atoms with Crippen molar-refractivity contribution in [3.63, 3.8) is 0 Å². The molecule has 1 aromatic heterocycles. The summed E-state index contributed by atoms with van der Waals surface area (Å²) in [5.74, 6) is 0. The predicted octanol–water partition coefficient (Wildman–Crippen LogP) is 4.05. The maximum Gasteiger partial charge on any atom is 0.0953 e. The van der Waals surface area contributed by atoms with Crippen LogP contribution >= 0.6 is 15.9 Å². The number of rotatable bonds is 4. The van der Waals surface area contributed by atoms with Crippen molar-refractivity contribution < 1.29 is 4.42 Å². The van der Waals surface area contributed by atoms with E-state index < -0.39 is 0 Å². The first kappa shape index (κ1) is 12.4. The maximum atomic E-state index is 5.18. The van der Waals surface area contributed by atoms with Crippen LogP contribution in [0.15, 0.2) is 45.7 Å². The Morgan fingerprint density at radius 3 is 2.82 bits per heavy atom. The van der Waals surface area contributed by atoms with Gasteiger partial charge in [-0.25, -0.2) is 0 Å². The van der Waals surface area contributed by atoms with E-state index in [4.69, 9.17) is 4.42 Å². The highest BCUT2D eigenvalue weighted by Crippen LogP contribution is 2.27. The largest absolute Gasteiger partial charge is 0.472 e. The monoisotopic (exact) mass is 293 g/mol. The van der Waals surface area contributed by atoms with Crippen LogP contribution in [0, 0.1) is 6.92 Å². The Kier molecular flexibility index (Phi) is 4.02. The van der Waals surface area contributed by atoms with Crippen LogP contribution < -0.4 is 5.32 Å². The summed E-state index contributed by atoms with van der Waals surface area (Å²) in [6.07, 6.45) is 3.51. The molecule has 0 saturated heterocycles. The lowest BCUT2D eigenvalue weighted by Crippen LogP contribution is -2.22. The number of hydrogen-bond acceptors (Lipinski definition) is 2. The van der Waals surface area contributed by atoms with E-state index >= 15 is 0 Å². The topological polar surface area (TPSA) is 25.2 Å². The summed E-state index contributed by atoms with van der Waals surface area (Å²) < 4.78 is 6.28. The molecule has 0 amide bonds. The zero-order chi connectivity index (χ0) is 12.3. The Morgan fingerprint density at radius 1 is 1.35 bits per heavy atom. The van der Waals surface area contributed by atoms with E-state index in [2.05, 4.69) is 53.3 Å². The fraction of sp³-hybridized carbons (Fsp3) is 0.286.